The van der Waals surface area contributed by atoms with E-state index < -0.39 is 20.9 Å². The number of amides is 2. The number of hydrogen-bond donors (Lipinski definition) is 4. The van der Waals surface area contributed by atoms with E-state index >= 15 is 0 Å². The van der Waals surface area contributed by atoms with Crippen molar-refractivity contribution in [1.82, 2.24) is 0 Å². The van der Waals surface area contributed by atoms with Crippen molar-refractivity contribution in [2.75, 3.05) is 16.0 Å². The van der Waals surface area contributed by atoms with Crippen LogP contribution in [0.1, 0.15) is 87.8 Å². The van der Waals surface area contributed by atoms with Gasteiger partial charge >= 0.3 is 0 Å². The molecule has 2 amide bonds. The standard InChI is InChI=1S/C49H56N4O6S/c1-13-48(9,10)46(54)52-44-29(5)23-27(3)42(31(44)7)50-33-19-21-35-38(25-33)59-39-26-34(20-22-36(39)41(35)37-17-15-16-18-40(37)60(56,57)58)51-43-28(4)24-30(6)45(32(43)8)53-47(55)49(11,12)14-2/h15-26,50H,13-14H2,1-12H3,(H,52,54)(H,53,55)(H,56,57,58). The molecule has 0 spiro atoms. The molecule has 0 bridgehead atoms. The van der Waals surface area contributed by atoms with E-state index in [1.54, 1.807) is 18.2 Å². The number of rotatable bonds is 11. The van der Waals surface area contributed by atoms with Gasteiger partial charge in [0.25, 0.3) is 10.1 Å². The van der Waals surface area contributed by atoms with Gasteiger partial charge in [-0.05, 0) is 118 Å². The van der Waals surface area contributed by atoms with Gasteiger partial charge in [-0.3, -0.25) is 14.1 Å². The molecule has 0 saturated heterocycles. The molecule has 0 fully saturated rings. The molecule has 6 rings (SSSR count). The summed E-state index contributed by atoms with van der Waals surface area (Å²) >= 11 is 0. The molecule has 10 nitrogen and oxygen atoms in total. The molecule has 4 aromatic rings. The van der Waals surface area contributed by atoms with Crippen LogP contribution in [0.2, 0.25) is 0 Å². The minimum Gasteiger partial charge on any atom is -0.456 e. The first-order chi connectivity index (χ1) is 28.1. The third-order valence-electron chi connectivity index (χ3n) is 12.0. The number of hydrogen-bond acceptors (Lipinski definition) is 7. The van der Waals surface area contributed by atoms with Crippen LogP contribution in [0.3, 0.4) is 0 Å². The Morgan fingerprint density at radius 2 is 1.25 bits per heavy atom. The molecule has 2 aliphatic rings. The molecule has 0 atom stereocenters. The second kappa shape index (κ2) is 16.3. The highest BCUT2D eigenvalue weighted by Gasteiger charge is 2.29. The predicted molar refractivity (Wildman–Crippen MR) is 243 cm³/mol. The van der Waals surface area contributed by atoms with E-state index in [1.165, 1.54) is 6.07 Å². The molecule has 0 radical (unpaired) electrons. The van der Waals surface area contributed by atoms with Gasteiger partial charge in [0.2, 0.25) is 11.8 Å². The Balaban J connectivity index is 1.54. The molecule has 4 N–H and O–H groups in total. The minimum atomic E-state index is -4.61. The lowest BCUT2D eigenvalue weighted by Gasteiger charge is -2.25. The summed E-state index contributed by atoms with van der Waals surface area (Å²) in [5, 5.41) is 11.1. The highest BCUT2D eigenvalue weighted by Crippen LogP contribution is 2.44. The van der Waals surface area contributed by atoms with E-state index in [9.17, 15) is 22.6 Å². The molecular formula is C49H56N4O6S. The first-order valence-corrected chi connectivity index (χ1v) is 21.8. The van der Waals surface area contributed by atoms with Crippen LogP contribution in [0, 0.1) is 52.4 Å². The summed E-state index contributed by atoms with van der Waals surface area (Å²) in [6.07, 6.45) is 1.38. The van der Waals surface area contributed by atoms with E-state index in [-0.39, 0.29) is 16.7 Å². The zero-order valence-electron chi connectivity index (χ0n) is 36.7. The van der Waals surface area contributed by atoms with E-state index in [1.807, 2.05) is 132 Å². The summed E-state index contributed by atoms with van der Waals surface area (Å²) in [6, 6.07) is 21.5. The van der Waals surface area contributed by atoms with Crippen LogP contribution in [-0.4, -0.2) is 24.8 Å². The number of aryl methyl sites for hydroxylation is 4. The second-order valence-electron chi connectivity index (χ2n) is 17.2. The number of anilines is 4. The average molecular weight is 829 g/mol. The molecular weight excluding hydrogens is 773 g/mol. The fourth-order valence-corrected chi connectivity index (χ4v) is 8.18. The Hall–Kier alpha value is -5.78. The number of carbonyl (C=O) groups excluding carboxylic acids is 2. The second-order valence-corrected chi connectivity index (χ2v) is 18.6. The van der Waals surface area contributed by atoms with Crippen LogP contribution in [0.25, 0.3) is 33.4 Å². The van der Waals surface area contributed by atoms with E-state index in [0.29, 0.717) is 63.0 Å². The van der Waals surface area contributed by atoms with Crippen molar-refractivity contribution in [1.29, 1.82) is 0 Å². The van der Waals surface area contributed by atoms with Gasteiger partial charge in [-0.25, -0.2) is 4.99 Å². The van der Waals surface area contributed by atoms with Gasteiger partial charge in [0.15, 0.2) is 0 Å². The average Bonchev–Trinajstić information content (AvgIpc) is 3.19. The smallest absolute Gasteiger partial charge is 0.295 e. The number of carbonyl (C=O) groups is 2. The molecule has 1 heterocycles. The monoisotopic (exact) mass is 828 g/mol. The third-order valence-corrected chi connectivity index (χ3v) is 12.9. The van der Waals surface area contributed by atoms with Crippen LogP contribution in [0.5, 0.6) is 0 Å². The van der Waals surface area contributed by atoms with E-state index in [4.69, 9.17) is 9.41 Å². The van der Waals surface area contributed by atoms with E-state index in [0.717, 1.165) is 50.4 Å². The van der Waals surface area contributed by atoms with Crippen molar-refractivity contribution in [2.45, 2.75) is 101 Å². The molecule has 4 aromatic carbocycles. The quantitative estimate of drug-likeness (QED) is 0.0750. The predicted octanol–water partition coefficient (Wildman–Crippen LogP) is 12.0. The van der Waals surface area contributed by atoms with Crippen LogP contribution < -0.4 is 21.3 Å². The molecule has 1 aliphatic heterocycles. The molecule has 11 heteroatoms. The van der Waals surface area contributed by atoms with Crippen LogP contribution in [0.4, 0.5) is 28.4 Å². The molecule has 0 saturated carbocycles. The normalized spacial score (nSPS) is 12.6. The topological polar surface area (TPSA) is 150 Å². The maximum absolute atomic E-state index is 13.3. The van der Waals surface area contributed by atoms with Gasteiger partial charge in [0.1, 0.15) is 16.2 Å². The third kappa shape index (κ3) is 8.46. The number of nitrogens with one attached hydrogen (secondary N) is 3. The lowest BCUT2D eigenvalue weighted by atomic mass is 9.88. The van der Waals surface area contributed by atoms with Gasteiger partial charge in [-0.1, -0.05) is 71.9 Å². The van der Waals surface area contributed by atoms with Crippen molar-refractivity contribution < 1.29 is 27.0 Å². The highest BCUT2D eigenvalue weighted by molar-refractivity contribution is 7.86. The zero-order valence-corrected chi connectivity index (χ0v) is 37.5. The fourth-order valence-electron chi connectivity index (χ4n) is 7.48. The largest absolute Gasteiger partial charge is 0.456 e. The SMILES string of the molecule is CCC(C)(C)C(=O)Nc1c(C)cc(C)c(N=c2ccc3c(-c4ccccc4S(=O)(=O)O)c4ccc(Nc5c(C)cc(C)c(NC(=O)C(C)(C)CC)c5C)cc4oc-3c2)c1C. The highest BCUT2D eigenvalue weighted by atomic mass is 32.2. The van der Waals surface area contributed by atoms with Gasteiger partial charge in [0.05, 0.1) is 11.0 Å². The van der Waals surface area contributed by atoms with Crippen molar-refractivity contribution in [3.8, 4) is 22.5 Å². The Kier molecular flexibility index (Phi) is 11.9. The molecule has 0 aromatic heterocycles. The van der Waals surface area contributed by atoms with Gasteiger partial charge in [-0.2, -0.15) is 8.42 Å². The maximum atomic E-state index is 13.3. The molecule has 1 aliphatic carbocycles. The molecule has 0 unspecified atom stereocenters. The van der Waals surface area contributed by atoms with Crippen LogP contribution in [-0.2, 0) is 19.7 Å². The van der Waals surface area contributed by atoms with Gasteiger partial charge < -0.3 is 20.4 Å². The van der Waals surface area contributed by atoms with Crippen molar-refractivity contribution in [2.24, 2.45) is 15.8 Å². The summed E-state index contributed by atoms with van der Waals surface area (Å²) in [4.78, 5) is 31.4. The number of nitrogens with zero attached hydrogens (tertiary/aromatic N) is 1. The first kappa shape index (κ1) is 43.8. The van der Waals surface area contributed by atoms with Crippen LogP contribution in [0.15, 0.2) is 87.1 Å². The Bertz CT molecular complexity index is 2850. The Morgan fingerprint density at radius 1 is 0.683 bits per heavy atom. The van der Waals surface area contributed by atoms with Crippen molar-refractivity contribution in [3.05, 3.63) is 112 Å². The summed E-state index contributed by atoms with van der Waals surface area (Å²) in [6.45, 7) is 23.6. The van der Waals surface area contributed by atoms with Crippen molar-refractivity contribution in [3.63, 3.8) is 0 Å². The maximum Gasteiger partial charge on any atom is 0.295 e. The van der Waals surface area contributed by atoms with Crippen molar-refractivity contribution >= 4 is 61.3 Å². The summed E-state index contributed by atoms with van der Waals surface area (Å²) in [5.74, 6) is 0.319. The summed E-state index contributed by atoms with van der Waals surface area (Å²) < 4.78 is 42.6. The lowest BCUT2D eigenvalue weighted by molar-refractivity contribution is -0.124. The van der Waals surface area contributed by atoms with Crippen LogP contribution >= 0.6 is 0 Å². The summed E-state index contributed by atoms with van der Waals surface area (Å²) in [5.41, 5.74) is 10.1. The van der Waals surface area contributed by atoms with E-state index in [2.05, 4.69) is 16.0 Å². The number of fused-ring (bicyclic) bond motifs is 2. The lowest BCUT2D eigenvalue weighted by Crippen LogP contribution is -2.30. The number of benzene rings is 5. The Morgan fingerprint density at radius 3 is 1.85 bits per heavy atom. The van der Waals surface area contributed by atoms with Gasteiger partial charge in [-0.15, -0.1) is 0 Å². The fraction of sp³-hybridized carbons (Fsp3) is 0.327. The van der Waals surface area contributed by atoms with Gasteiger partial charge in [0, 0.05) is 67.8 Å². The zero-order chi connectivity index (χ0) is 44.1. The first-order valence-electron chi connectivity index (χ1n) is 20.3. The minimum absolute atomic E-state index is 0.0536. The molecule has 314 valence electrons. The Labute approximate surface area is 353 Å². The summed E-state index contributed by atoms with van der Waals surface area (Å²) in [7, 11) is -4.61. The molecule has 60 heavy (non-hydrogen) atoms.